The molecule has 0 aromatic carbocycles. The summed E-state index contributed by atoms with van der Waals surface area (Å²) in [6.07, 6.45) is -15.0. The van der Waals surface area contributed by atoms with E-state index in [1.165, 1.54) is 0 Å². The van der Waals surface area contributed by atoms with Crippen LogP contribution < -0.4 is 0 Å². The van der Waals surface area contributed by atoms with Crippen molar-refractivity contribution in [3.8, 4) is 0 Å². The van der Waals surface area contributed by atoms with Gasteiger partial charge < -0.3 is 9.47 Å². The Morgan fingerprint density at radius 1 is 1.16 bits per heavy atom. The first-order valence-electron chi connectivity index (χ1n) is 6.65. The van der Waals surface area contributed by atoms with E-state index in [0.717, 1.165) is 0 Å². The van der Waals surface area contributed by atoms with E-state index in [9.17, 15) is 35.9 Å². The van der Waals surface area contributed by atoms with E-state index >= 15 is 0 Å². The second-order valence-corrected chi connectivity index (χ2v) is 6.25. The second kappa shape index (κ2) is 6.81. The normalized spacial score (nSPS) is 27.2. The summed E-state index contributed by atoms with van der Waals surface area (Å²) in [5.41, 5.74) is 0. The van der Waals surface area contributed by atoms with Crippen molar-refractivity contribution in [3.05, 3.63) is 0 Å². The Morgan fingerprint density at radius 2 is 1.76 bits per heavy atom. The number of ether oxygens (including phenoxy) is 2. The van der Waals surface area contributed by atoms with Gasteiger partial charge in [0.1, 0.15) is 12.2 Å². The summed E-state index contributed by atoms with van der Waals surface area (Å²) in [7, 11) is 0. The first-order valence-corrected chi connectivity index (χ1v) is 7.39. The summed E-state index contributed by atoms with van der Waals surface area (Å²) in [4.78, 5) is 23.2. The van der Waals surface area contributed by atoms with Crippen molar-refractivity contribution in [2.75, 3.05) is 0 Å². The molecule has 3 atom stereocenters. The molecule has 1 N–H and O–H groups in total. The lowest BCUT2D eigenvalue weighted by atomic mass is 9.88. The first-order chi connectivity index (χ1) is 11.4. The summed E-state index contributed by atoms with van der Waals surface area (Å²) in [6.45, 7) is 0. The quantitative estimate of drug-likeness (QED) is 0.248. The van der Waals surface area contributed by atoms with Gasteiger partial charge in [-0.25, -0.2) is 10.1 Å². The number of esters is 2. The highest BCUT2D eigenvalue weighted by atomic mass is 32.2. The Morgan fingerprint density at radius 3 is 2.28 bits per heavy atom. The maximum absolute atomic E-state index is 13.1. The maximum atomic E-state index is 13.1. The zero-order chi connectivity index (χ0) is 19.0. The van der Waals surface area contributed by atoms with Crippen molar-refractivity contribution >= 4 is 24.0 Å². The molecule has 1 aliphatic carbocycles. The summed E-state index contributed by atoms with van der Waals surface area (Å²) >= 11 is -1.51. The number of alkyl halides is 6. The molecule has 14 heteroatoms. The fraction of sp³-hybridized carbons (Fsp3) is 0.818. The van der Waals surface area contributed by atoms with Crippen LogP contribution in [0.15, 0.2) is 0 Å². The Labute approximate surface area is 139 Å². The lowest BCUT2D eigenvalue weighted by Gasteiger charge is -2.34. The molecular weight excluding hydrogens is 390 g/mol. The highest BCUT2D eigenvalue weighted by Gasteiger charge is 2.79. The summed E-state index contributed by atoms with van der Waals surface area (Å²) in [5, 5.41) is 10.7. The second-order valence-electron chi connectivity index (χ2n) is 5.33. The van der Waals surface area contributed by atoms with Crippen molar-refractivity contribution < 1.29 is 60.0 Å². The van der Waals surface area contributed by atoms with Gasteiger partial charge in [-0.05, 0) is 12.8 Å². The van der Waals surface area contributed by atoms with Crippen LogP contribution in [-0.4, -0.2) is 46.5 Å². The molecule has 25 heavy (non-hydrogen) atoms. The number of fused-ring (bicyclic) bond motifs is 2. The number of halogens is 6. The van der Waals surface area contributed by atoms with Gasteiger partial charge >= 0.3 is 29.0 Å². The number of carbonyl (C=O) groups is 2. The van der Waals surface area contributed by atoms with Crippen LogP contribution in [0.3, 0.4) is 0 Å². The molecule has 0 aromatic heterocycles. The molecule has 1 heterocycles. The molecule has 2 aliphatic rings. The van der Waals surface area contributed by atoms with E-state index in [4.69, 9.17) is 9.99 Å². The van der Waals surface area contributed by atoms with Gasteiger partial charge in [-0.3, -0.25) is 4.79 Å². The van der Waals surface area contributed by atoms with E-state index in [0.29, 0.717) is 0 Å². The third kappa shape index (κ3) is 3.52. The van der Waals surface area contributed by atoms with Gasteiger partial charge in [0.15, 0.2) is 0 Å². The lowest BCUT2D eigenvalue weighted by Crippen LogP contribution is -2.61. The summed E-state index contributed by atoms with van der Waals surface area (Å²) in [6, 6.07) is 0. The molecule has 144 valence electrons. The van der Waals surface area contributed by atoms with Gasteiger partial charge in [0.05, 0.1) is 18.0 Å². The van der Waals surface area contributed by atoms with Crippen LogP contribution >= 0.6 is 12.0 Å². The fourth-order valence-electron chi connectivity index (χ4n) is 2.63. The van der Waals surface area contributed by atoms with Crippen LogP contribution in [0.2, 0.25) is 0 Å². The van der Waals surface area contributed by atoms with E-state index in [-0.39, 0.29) is 19.3 Å². The molecule has 1 saturated heterocycles. The highest BCUT2D eigenvalue weighted by Crippen LogP contribution is 2.53. The molecule has 3 unspecified atom stereocenters. The summed E-state index contributed by atoms with van der Waals surface area (Å²) in [5.74, 6) is -3.88. The fourth-order valence-corrected chi connectivity index (χ4v) is 3.06. The molecule has 2 bridgehead atoms. The Balaban J connectivity index is 2.27. The maximum Gasteiger partial charge on any atom is 0.425 e. The average molecular weight is 400 g/mol. The van der Waals surface area contributed by atoms with Crippen molar-refractivity contribution in [3.63, 3.8) is 0 Å². The van der Waals surface area contributed by atoms with Crippen molar-refractivity contribution in [1.29, 1.82) is 0 Å². The van der Waals surface area contributed by atoms with Crippen LogP contribution in [0.4, 0.5) is 26.3 Å². The Bertz CT molecular complexity index is 522. The third-order valence-corrected chi connectivity index (χ3v) is 4.87. The predicted molar refractivity (Wildman–Crippen MR) is 64.3 cm³/mol. The minimum absolute atomic E-state index is 0.0329. The van der Waals surface area contributed by atoms with Crippen LogP contribution in [0, 0.1) is 5.92 Å². The number of carbonyl (C=O) groups excluding carboxylic acids is 2. The smallest absolute Gasteiger partial charge is 0.425 e. The van der Waals surface area contributed by atoms with Crippen LogP contribution in [-0.2, 0) is 28.4 Å². The third-order valence-electron chi connectivity index (χ3n) is 3.87. The number of rotatable bonds is 5. The highest BCUT2D eigenvalue weighted by molar-refractivity contribution is 7.96. The van der Waals surface area contributed by atoms with Gasteiger partial charge in [0.2, 0.25) is 0 Å². The molecule has 0 amide bonds. The first kappa shape index (κ1) is 20.1. The molecular formula is C11H10F6O7S. The molecule has 0 radical (unpaired) electrons. The standard InChI is InChI=1S/C11H10F6O7S/c12-10(13,14)9(11(15,16)17,25-24-23-20)8(19)22-5-2-1-4-3-6(5)21-7(4)18/h4-6,20H,1-3H2. The zero-order valence-corrected chi connectivity index (χ0v) is 12.7. The van der Waals surface area contributed by atoms with E-state index in [1.807, 2.05) is 0 Å². The Kier molecular flexibility index (Phi) is 5.47. The van der Waals surface area contributed by atoms with E-state index in [1.54, 1.807) is 0 Å². The van der Waals surface area contributed by atoms with Crippen molar-refractivity contribution in [2.24, 2.45) is 5.92 Å². The van der Waals surface area contributed by atoms with Gasteiger partial charge in [-0.1, -0.05) is 5.04 Å². The van der Waals surface area contributed by atoms with Crippen LogP contribution in [0.1, 0.15) is 19.3 Å². The molecule has 2 rings (SSSR count). The molecule has 1 saturated carbocycles. The molecule has 0 aromatic rings. The minimum atomic E-state index is -6.20. The average Bonchev–Trinajstić information content (AvgIpc) is 2.76. The topological polar surface area (TPSA) is 91.3 Å². The van der Waals surface area contributed by atoms with Gasteiger partial charge in [-0.2, -0.15) is 26.3 Å². The van der Waals surface area contributed by atoms with Gasteiger partial charge in [0.25, 0.3) is 0 Å². The van der Waals surface area contributed by atoms with Gasteiger partial charge in [0, 0.05) is 6.42 Å². The molecule has 1 aliphatic heterocycles. The van der Waals surface area contributed by atoms with Crippen molar-refractivity contribution in [2.45, 2.75) is 48.6 Å². The minimum Gasteiger partial charge on any atom is -0.458 e. The zero-order valence-electron chi connectivity index (χ0n) is 11.9. The predicted octanol–water partition coefficient (Wildman–Crippen LogP) is 2.56. The van der Waals surface area contributed by atoms with E-state index in [2.05, 4.69) is 14.1 Å². The summed E-state index contributed by atoms with van der Waals surface area (Å²) < 4.78 is 85.9. The van der Waals surface area contributed by atoms with Crippen LogP contribution in [0.5, 0.6) is 0 Å². The monoisotopic (exact) mass is 400 g/mol. The van der Waals surface area contributed by atoms with E-state index < -0.39 is 59.2 Å². The SMILES string of the molecule is O=C1OC2CC1CCC2OC(=O)C(SOOO)(C(F)(F)F)C(F)(F)F. The molecule has 0 spiro atoms. The largest absolute Gasteiger partial charge is 0.458 e. The number of hydrogen-bond donors (Lipinski definition) is 1. The number of hydrogen-bond acceptors (Lipinski definition) is 8. The van der Waals surface area contributed by atoms with Crippen LogP contribution in [0.25, 0.3) is 0 Å². The van der Waals surface area contributed by atoms with Crippen molar-refractivity contribution in [1.82, 2.24) is 0 Å². The Hall–Kier alpha value is -1.25. The van der Waals surface area contributed by atoms with Gasteiger partial charge in [-0.15, -0.1) is 4.33 Å². The molecule has 7 nitrogen and oxygen atoms in total. The lowest BCUT2D eigenvalue weighted by molar-refractivity contribution is -0.434. The molecule has 2 fully saturated rings.